The summed E-state index contributed by atoms with van der Waals surface area (Å²) < 4.78 is 5.45. The third kappa shape index (κ3) is 4.08. The summed E-state index contributed by atoms with van der Waals surface area (Å²) in [6, 6.07) is 13.2. The third-order valence-corrected chi connectivity index (χ3v) is 4.08. The molecule has 134 valence electrons. The van der Waals surface area contributed by atoms with Crippen LogP contribution >= 0.6 is 0 Å². The standard InChI is InChI=1S/C20H21N3O3/c1-3-23(4-2)18-9-8-15-11-16(20(24)26-19(15)12-18)13-22-25-14-17-7-5-6-10-21-17/h5-13H,3-4,14H2,1-2H3/b22-13+. The summed E-state index contributed by atoms with van der Waals surface area (Å²) in [7, 11) is 0. The van der Waals surface area contributed by atoms with Crippen LogP contribution < -0.4 is 10.5 Å². The molecule has 0 atom stereocenters. The molecule has 2 heterocycles. The van der Waals surface area contributed by atoms with E-state index in [1.54, 1.807) is 12.3 Å². The van der Waals surface area contributed by atoms with Crippen molar-refractivity contribution in [1.29, 1.82) is 0 Å². The number of aromatic nitrogens is 1. The average molecular weight is 351 g/mol. The second kappa shape index (κ2) is 8.29. The zero-order chi connectivity index (χ0) is 18.4. The van der Waals surface area contributed by atoms with Gasteiger partial charge in [0, 0.05) is 36.4 Å². The van der Waals surface area contributed by atoms with Crippen molar-refractivity contribution in [2.24, 2.45) is 5.16 Å². The van der Waals surface area contributed by atoms with Crippen LogP contribution in [0.3, 0.4) is 0 Å². The lowest BCUT2D eigenvalue weighted by Gasteiger charge is -2.20. The van der Waals surface area contributed by atoms with E-state index in [4.69, 9.17) is 9.25 Å². The molecule has 0 saturated carbocycles. The van der Waals surface area contributed by atoms with Crippen molar-refractivity contribution in [2.45, 2.75) is 20.5 Å². The second-order valence-electron chi connectivity index (χ2n) is 5.71. The summed E-state index contributed by atoms with van der Waals surface area (Å²) in [4.78, 5) is 23.7. The number of hydrogen-bond acceptors (Lipinski definition) is 6. The van der Waals surface area contributed by atoms with Crippen LogP contribution in [0.15, 0.2) is 63.0 Å². The Bertz CT molecular complexity index is 947. The van der Waals surface area contributed by atoms with Gasteiger partial charge in [-0.05, 0) is 44.2 Å². The first-order chi connectivity index (χ1) is 12.7. The summed E-state index contributed by atoms with van der Waals surface area (Å²) in [5, 5.41) is 4.68. The number of pyridine rings is 1. The maximum atomic E-state index is 12.2. The van der Waals surface area contributed by atoms with Gasteiger partial charge in [-0.2, -0.15) is 0 Å². The number of nitrogens with zero attached hydrogens (tertiary/aromatic N) is 3. The number of rotatable bonds is 7. The summed E-state index contributed by atoms with van der Waals surface area (Å²) in [6.07, 6.45) is 3.05. The summed E-state index contributed by atoms with van der Waals surface area (Å²) in [5.41, 5.74) is 2.25. The Morgan fingerprint density at radius 2 is 2.04 bits per heavy atom. The van der Waals surface area contributed by atoms with Gasteiger partial charge in [0.1, 0.15) is 5.58 Å². The molecular formula is C20H21N3O3. The Kier molecular flexibility index (Phi) is 5.63. The maximum Gasteiger partial charge on any atom is 0.345 e. The molecule has 0 aliphatic carbocycles. The molecule has 1 aromatic carbocycles. The molecule has 0 fully saturated rings. The molecular weight excluding hydrogens is 330 g/mol. The van der Waals surface area contributed by atoms with Crippen LogP contribution in [0.5, 0.6) is 0 Å². The summed E-state index contributed by atoms with van der Waals surface area (Å²) in [6.45, 7) is 6.21. The van der Waals surface area contributed by atoms with Gasteiger partial charge in [-0.15, -0.1) is 0 Å². The van der Waals surface area contributed by atoms with Crippen LogP contribution in [0.1, 0.15) is 25.1 Å². The van der Waals surface area contributed by atoms with E-state index in [1.807, 2.05) is 36.4 Å². The zero-order valence-electron chi connectivity index (χ0n) is 14.9. The van der Waals surface area contributed by atoms with Crippen molar-refractivity contribution >= 4 is 22.9 Å². The zero-order valence-corrected chi connectivity index (χ0v) is 14.9. The molecule has 0 spiro atoms. The Morgan fingerprint density at radius 3 is 2.77 bits per heavy atom. The van der Waals surface area contributed by atoms with Gasteiger partial charge in [0.15, 0.2) is 6.61 Å². The fourth-order valence-electron chi connectivity index (χ4n) is 2.67. The van der Waals surface area contributed by atoms with Gasteiger partial charge in [0.05, 0.1) is 17.5 Å². The molecule has 0 aliphatic heterocycles. The van der Waals surface area contributed by atoms with E-state index in [9.17, 15) is 4.79 Å². The number of oxime groups is 1. The Labute approximate surface area is 151 Å². The molecule has 0 aliphatic rings. The van der Waals surface area contributed by atoms with Gasteiger partial charge in [-0.1, -0.05) is 11.2 Å². The lowest BCUT2D eigenvalue weighted by atomic mass is 10.1. The molecule has 3 rings (SSSR count). The summed E-state index contributed by atoms with van der Waals surface area (Å²) in [5.74, 6) is 0. The fraction of sp³-hybridized carbons (Fsp3) is 0.250. The minimum absolute atomic E-state index is 0.240. The van der Waals surface area contributed by atoms with Crippen molar-refractivity contribution in [3.63, 3.8) is 0 Å². The van der Waals surface area contributed by atoms with E-state index in [0.717, 1.165) is 29.9 Å². The van der Waals surface area contributed by atoms with Crippen molar-refractivity contribution in [2.75, 3.05) is 18.0 Å². The number of hydrogen-bond donors (Lipinski definition) is 0. The van der Waals surface area contributed by atoms with E-state index < -0.39 is 5.63 Å². The van der Waals surface area contributed by atoms with Gasteiger partial charge >= 0.3 is 5.63 Å². The predicted molar refractivity (Wildman–Crippen MR) is 103 cm³/mol. The minimum Gasteiger partial charge on any atom is -0.422 e. The molecule has 0 radical (unpaired) electrons. The highest BCUT2D eigenvalue weighted by atomic mass is 16.6. The number of fused-ring (bicyclic) bond motifs is 1. The van der Waals surface area contributed by atoms with Gasteiger partial charge in [-0.3, -0.25) is 4.98 Å². The third-order valence-electron chi connectivity index (χ3n) is 4.08. The van der Waals surface area contributed by atoms with E-state index in [-0.39, 0.29) is 6.61 Å². The lowest BCUT2D eigenvalue weighted by molar-refractivity contribution is 0.129. The van der Waals surface area contributed by atoms with E-state index in [1.165, 1.54) is 6.21 Å². The normalized spacial score (nSPS) is 11.2. The summed E-state index contributed by atoms with van der Waals surface area (Å²) >= 11 is 0. The number of benzene rings is 1. The van der Waals surface area contributed by atoms with Crippen molar-refractivity contribution in [1.82, 2.24) is 4.98 Å². The van der Waals surface area contributed by atoms with E-state index >= 15 is 0 Å². The van der Waals surface area contributed by atoms with Crippen molar-refractivity contribution < 1.29 is 9.25 Å². The van der Waals surface area contributed by atoms with Crippen LogP contribution in [0.25, 0.3) is 11.0 Å². The van der Waals surface area contributed by atoms with Gasteiger partial charge in [0.25, 0.3) is 0 Å². The van der Waals surface area contributed by atoms with Crippen LogP contribution in [0.2, 0.25) is 0 Å². The highest BCUT2D eigenvalue weighted by Gasteiger charge is 2.07. The first-order valence-electron chi connectivity index (χ1n) is 8.59. The van der Waals surface area contributed by atoms with Gasteiger partial charge in [0.2, 0.25) is 0 Å². The Balaban J connectivity index is 1.77. The van der Waals surface area contributed by atoms with Crippen LogP contribution in [0.4, 0.5) is 5.69 Å². The van der Waals surface area contributed by atoms with Crippen LogP contribution in [0, 0.1) is 0 Å². The van der Waals surface area contributed by atoms with Gasteiger partial charge in [-0.25, -0.2) is 4.79 Å². The molecule has 0 amide bonds. The molecule has 0 saturated heterocycles. The van der Waals surface area contributed by atoms with E-state index in [0.29, 0.717) is 11.1 Å². The molecule has 3 aromatic rings. The molecule has 26 heavy (non-hydrogen) atoms. The second-order valence-corrected chi connectivity index (χ2v) is 5.71. The van der Waals surface area contributed by atoms with E-state index in [2.05, 4.69) is 28.9 Å². The van der Waals surface area contributed by atoms with Crippen molar-refractivity contribution in [3.05, 3.63) is 70.3 Å². The Morgan fingerprint density at radius 1 is 1.19 bits per heavy atom. The van der Waals surface area contributed by atoms with Crippen LogP contribution in [-0.2, 0) is 11.4 Å². The first-order valence-corrected chi connectivity index (χ1v) is 8.59. The quantitative estimate of drug-likeness (QED) is 0.370. The lowest BCUT2D eigenvalue weighted by Crippen LogP contribution is -2.21. The molecule has 0 unspecified atom stereocenters. The highest BCUT2D eigenvalue weighted by Crippen LogP contribution is 2.21. The topological polar surface area (TPSA) is 67.9 Å². The van der Waals surface area contributed by atoms with Gasteiger partial charge < -0.3 is 14.2 Å². The molecule has 6 nitrogen and oxygen atoms in total. The first kappa shape index (κ1) is 17.7. The minimum atomic E-state index is -0.445. The smallest absolute Gasteiger partial charge is 0.345 e. The average Bonchev–Trinajstić information content (AvgIpc) is 2.67. The predicted octanol–water partition coefficient (Wildman–Crippen LogP) is 3.58. The molecule has 0 bridgehead atoms. The molecule has 2 aromatic heterocycles. The molecule has 0 N–H and O–H groups in total. The monoisotopic (exact) mass is 351 g/mol. The maximum absolute atomic E-state index is 12.2. The van der Waals surface area contributed by atoms with Crippen molar-refractivity contribution in [3.8, 4) is 0 Å². The Hall–Kier alpha value is -3.15. The SMILES string of the molecule is CCN(CC)c1ccc2cc(/C=N/OCc3ccccn3)c(=O)oc2c1. The molecule has 6 heteroatoms. The fourth-order valence-corrected chi connectivity index (χ4v) is 2.67. The highest BCUT2D eigenvalue weighted by molar-refractivity contribution is 5.87. The largest absolute Gasteiger partial charge is 0.422 e. The number of anilines is 1. The van der Waals surface area contributed by atoms with Crippen LogP contribution in [-0.4, -0.2) is 24.3 Å².